The highest BCUT2D eigenvalue weighted by atomic mass is 16.3. The van der Waals surface area contributed by atoms with Gasteiger partial charge in [0, 0.05) is 37.2 Å². The quantitative estimate of drug-likeness (QED) is 0.523. The predicted octanol–water partition coefficient (Wildman–Crippen LogP) is -0.612. The Labute approximate surface area is 157 Å². The standard InChI is InChI=1S/C19H24N4O4/c20-12-6-14(16(24)7-12)21-8-10-1-2-13-11(5-10)9-23(19(13)27)15-3-4-17(25)22-18(15)26/h1-2,5,12,14-16,21,24H,3-4,6-9,20H2,(H,22,25,26)/t12-,14-,15?,16-/m0/s1. The minimum Gasteiger partial charge on any atom is -0.391 e. The molecule has 27 heavy (non-hydrogen) atoms. The van der Waals surface area contributed by atoms with E-state index in [1.54, 1.807) is 11.0 Å². The van der Waals surface area contributed by atoms with Gasteiger partial charge in [0.25, 0.3) is 5.91 Å². The smallest absolute Gasteiger partial charge is 0.255 e. The Morgan fingerprint density at radius 3 is 2.78 bits per heavy atom. The molecule has 0 aromatic heterocycles. The lowest BCUT2D eigenvalue weighted by Crippen LogP contribution is -2.52. The number of imide groups is 1. The molecule has 1 saturated carbocycles. The van der Waals surface area contributed by atoms with Crippen LogP contribution in [0, 0.1) is 0 Å². The molecule has 1 aromatic carbocycles. The van der Waals surface area contributed by atoms with Crippen LogP contribution in [0.25, 0.3) is 0 Å². The number of amides is 3. The molecule has 144 valence electrons. The summed E-state index contributed by atoms with van der Waals surface area (Å²) in [6, 6.07) is 5.05. The number of carbonyl (C=O) groups excluding carboxylic acids is 3. The van der Waals surface area contributed by atoms with Gasteiger partial charge < -0.3 is 21.1 Å². The zero-order chi connectivity index (χ0) is 19.1. The molecule has 8 nitrogen and oxygen atoms in total. The van der Waals surface area contributed by atoms with E-state index in [-0.39, 0.29) is 30.3 Å². The van der Waals surface area contributed by atoms with Crippen molar-refractivity contribution in [1.29, 1.82) is 0 Å². The third kappa shape index (κ3) is 3.47. The minimum atomic E-state index is -0.598. The first kappa shape index (κ1) is 18.1. The third-order valence-corrected chi connectivity index (χ3v) is 5.72. The number of benzene rings is 1. The van der Waals surface area contributed by atoms with Crippen molar-refractivity contribution >= 4 is 17.7 Å². The number of carbonyl (C=O) groups is 3. The summed E-state index contributed by atoms with van der Waals surface area (Å²) < 4.78 is 0. The van der Waals surface area contributed by atoms with Gasteiger partial charge in [-0.15, -0.1) is 0 Å². The van der Waals surface area contributed by atoms with Crippen LogP contribution in [0.15, 0.2) is 18.2 Å². The molecule has 5 N–H and O–H groups in total. The van der Waals surface area contributed by atoms with Crippen molar-refractivity contribution in [3.05, 3.63) is 34.9 Å². The number of rotatable bonds is 4. The minimum absolute atomic E-state index is 0.0187. The fraction of sp³-hybridized carbons (Fsp3) is 0.526. The third-order valence-electron chi connectivity index (χ3n) is 5.72. The molecule has 1 unspecified atom stereocenters. The van der Waals surface area contributed by atoms with Gasteiger partial charge in [0.15, 0.2) is 0 Å². The zero-order valence-corrected chi connectivity index (χ0v) is 15.0. The summed E-state index contributed by atoms with van der Waals surface area (Å²) in [6.45, 7) is 0.944. The number of fused-ring (bicyclic) bond motifs is 1. The first-order chi connectivity index (χ1) is 12.9. The van der Waals surface area contributed by atoms with E-state index in [0.717, 1.165) is 17.5 Å². The maximum absolute atomic E-state index is 12.7. The predicted molar refractivity (Wildman–Crippen MR) is 96.3 cm³/mol. The van der Waals surface area contributed by atoms with Gasteiger partial charge in [-0.2, -0.15) is 0 Å². The molecule has 0 bridgehead atoms. The van der Waals surface area contributed by atoms with Crippen LogP contribution in [0.2, 0.25) is 0 Å². The van der Waals surface area contributed by atoms with Gasteiger partial charge in [-0.05, 0) is 36.5 Å². The molecular weight excluding hydrogens is 348 g/mol. The Hall–Kier alpha value is -2.29. The highest BCUT2D eigenvalue weighted by Gasteiger charge is 2.39. The average molecular weight is 372 g/mol. The number of piperidine rings is 1. The maximum Gasteiger partial charge on any atom is 0.255 e. The van der Waals surface area contributed by atoms with Crippen LogP contribution in [0.1, 0.15) is 47.2 Å². The van der Waals surface area contributed by atoms with Gasteiger partial charge in [-0.3, -0.25) is 19.7 Å². The zero-order valence-electron chi connectivity index (χ0n) is 15.0. The molecule has 4 rings (SSSR count). The molecule has 4 atom stereocenters. The highest BCUT2D eigenvalue weighted by molar-refractivity contribution is 6.05. The lowest BCUT2D eigenvalue weighted by Gasteiger charge is -2.29. The maximum atomic E-state index is 12.7. The van der Waals surface area contributed by atoms with Crippen molar-refractivity contribution in [2.75, 3.05) is 0 Å². The van der Waals surface area contributed by atoms with Crippen molar-refractivity contribution in [2.24, 2.45) is 5.73 Å². The van der Waals surface area contributed by atoms with Crippen molar-refractivity contribution in [2.45, 2.75) is 63.0 Å². The molecule has 2 heterocycles. The molecule has 0 radical (unpaired) electrons. The molecule has 3 aliphatic rings. The molecule has 3 amide bonds. The van der Waals surface area contributed by atoms with Gasteiger partial charge >= 0.3 is 0 Å². The molecule has 2 aliphatic heterocycles. The van der Waals surface area contributed by atoms with E-state index in [0.29, 0.717) is 31.5 Å². The van der Waals surface area contributed by atoms with Crippen molar-refractivity contribution in [3.63, 3.8) is 0 Å². The van der Waals surface area contributed by atoms with Crippen molar-refractivity contribution in [1.82, 2.24) is 15.5 Å². The van der Waals surface area contributed by atoms with E-state index in [1.165, 1.54) is 0 Å². The second-order valence-electron chi connectivity index (χ2n) is 7.68. The highest BCUT2D eigenvalue weighted by Crippen LogP contribution is 2.28. The monoisotopic (exact) mass is 372 g/mol. The summed E-state index contributed by atoms with van der Waals surface area (Å²) >= 11 is 0. The average Bonchev–Trinajstić information content (AvgIpc) is 3.11. The summed E-state index contributed by atoms with van der Waals surface area (Å²) in [5.41, 5.74) is 8.38. The van der Waals surface area contributed by atoms with Crippen molar-refractivity contribution in [3.8, 4) is 0 Å². The number of hydrogen-bond donors (Lipinski definition) is 4. The fourth-order valence-corrected chi connectivity index (χ4v) is 4.26. The number of nitrogens with one attached hydrogen (secondary N) is 2. The van der Waals surface area contributed by atoms with Gasteiger partial charge in [0.1, 0.15) is 6.04 Å². The van der Waals surface area contributed by atoms with Crippen LogP contribution < -0.4 is 16.4 Å². The van der Waals surface area contributed by atoms with Gasteiger partial charge in [0.05, 0.1) is 6.10 Å². The van der Waals surface area contributed by atoms with Gasteiger partial charge in [0.2, 0.25) is 11.8 Å². The van der Waals surface area contributed by atoms with E-state index in [4.69, 9.17) is 5.73 Å². The number of aliphatic hydroxyl groups is 1. The number of hydrogen-bond acceptors (Lipinski definition) is 6. The fourth-order valence-electron chi connectivity index (χ4n) is 4.26. The summed E-state index contributed by atoms with van der Waals surface area (Å²) in [7, 11) is 0. The SMILES string of the molecule is N[C@H]1C[C@H](NCc2ccc3c(c2)CN(C2CCC(=O)NC2=O)C3=O)[C@@H](O)C1. The second-order valence-corrected chi connectivity index (χ2v) is 7.68. The van der Waals surface area contributed by atoms with Crippen LogP contribution in [0.5, 0.6) is 0 Å². The molecule has 8 heteroatoms. The molecule has 1 aliphatic carbocycles. The Balaban J connectivity index is 1.43. The Morgan fingerprint density at radius 1 is 1.26 bits per heavy atom. The molecule has 1 aromatic rings. The Bertz CT molecular complexity index is 796. The van der Waals surface area contributed by atoms with Crippen LogP contribution >= 0.6 is 0 Å². The number of nitrogens with two attached hydrogens (primary N) is 1. The van der Waals surface area contributed by atoms with Gasteiger partial charge in [-0.25, -0.2) is 0 Å². The summed E-state index contributed by atoms with van der Waals surface area (Å²) in [6.07, 6.45) is 1.53. The lowest BCUT2D eigenvalue weighted by atomic mass is 10.0. The Morgan fingerprint density at radius 2 is 2.07 bits per heavy atom. The summed E-state index contributed by atoms with van der Waals surface area (Å²) in [4.78, 5) is 37.7. The van der Waals surface area contributed by atoms with E-state index in [2.05, 4.69) is 10.6 Å². The van der Waals surface area contributed by atoms with E-state index >= 15 is 0 Å². The van der Waals surface area contributed by atoms with E-state index in [1.807, 2.05) is 12.1 Å². The van der Waals surface area contributed by atoms with Crippen LogP contribution in [0.4, 0.5) is 0 Å². The lowest BCUT2D eigenvalue weighted by molar-refractivity contribution is -0.136. The summed E-state index contributed by atoms with van der Waals surface area (Å²) in [5.74, 6) is -0.861. The second kappa shape index (κ2) is 7.03. The van der Waals surface area contributed by atoms with E-state index < -0.39 is 18.1 Å². The topological polar surface area (TPSA) is 125 Å². The van der Waals surface area contributed by atoms with Gasteiger partial charge in [-0.1, -0.05) is 12.1 Å². The van der Waals surface area contributed by atoms with Crippen LogP contribution in [-0.2, 0) is 22.7 Å². The Kier molecular flexibility index (Phi) is 4.71. The van der Waals surface area contributed by atoms with Crippen LogP contribution in [0.3, 0.4) is 0 Å². The number of aliphatic hydroxyl groups excluding tert-OH is 1. The molecule has 0 spiro atoms. The first-order valence-corrected chi connectivity index (χ1v) is 9.36. The number of nitrogens with zero attached hydrogens (tertiary/aromatic N) is 1. The molecular formula is C19H24N4O4. The largest absolute Gasteiger partial charge is 0.391 e. The normalized spacial score (nSPS) is 30.6. The summed E-state index contributed by atoms with van der Waals surface area (Å²) in [5, 5.41) is 15.6. The van der Waals surface area contributed by atoms with Crippen molar-refractivity contribution < 1.29 is 19.5 Å². The molecule has 2 fully saturated rings. The van der Waals surface area contributed by atoms with Crippen LogP contribution in [-0.4, -0.2) is 52.0 Å². The van der Waals surface area contributed by atoms with E-state index in [9.17, 15) is 19.5 Å². The molecule has 1 saturated heterocycles. The first-order valence-electron chi connectivity index (χ1n) is 9.36.